The van der Waals surface area contributed by atoms with Gasteiger partial charge in [0.1, 0.15) is 0 Å². The minimum atomic E-state index is 0.632. The van der Waals surface area contributed by atoms with Gasteiger partial charge in [-0.05, 0) is 59.2 Å². The molecule has 0 N–H and O–H groups in total. The van der Waals surface area contributed by atoms with Gasteiger partial charge in [0.15, 0.2) is 17.5 Å². The van der Waals surface area contributed by atoms with Crippen LogP contribution in [0.4, 0.5) is 0 Å². The van der Waals surface area contributed by atoms with Crippen LogP contribution in [0.3, 0.4) is 0 Å². The van der Waals surface area contributed by atoms with Crippen LogP contribution in [0.25, 0.3) is 104 Å². The molecule has 0 fully saturated rings. The molecule has 11 aromatic rings. The molecule has 3 aromatic heterocycles. The molecule has 0 saturated carbocycles. The average Bonchev–Trinajstić information content (AvgIpc) is 3.83. The maximum atomic E-state index is 5.33. The lowest BCUT2D eigenvalue weighted by atomic mass is 9.95. The molecule has 8 aromatic carbocycles. The van der Waals surface area contributed by atoms with E-state index in [1.807, 2.05) is 29.5 Å². The highest BCUT2D eigenvalue weighted by atomic mass is 32.1. The minimum Gasteiger partial charge on any atom is -0.309 e. The van der Waals surface area contributed by atoms with E-state index in [-0.39, 0.29) is 0 Å². The Morgan fingerprint density at radius 3 is 1.71 bits per heavy atom. The summed E-state index contributed by atoms with van der Waals surface area (Å²) >= 11 is 1.83. The molecule has 5 heteroatoms. The van der Waals surface area contributed by atoms with Crippen LogP contribution in [0.1, 0.15) is 0 Å². The van der Waals surface area contributed by atoms with Crippen LogP contribution in [0.5, 0.6) is 0 Å². The first kappa shape index (κ1) is 32.2. The van der Waals surface area contributed by atoms with Crippen molar-refractivity contribution in [1.29, 1.82) is 0 Å². The molecule has 0 aliphatic rings. The zero-order chi connectivity index (χ0) is 37.0. The van der Waals surface area contributed by atoms with Crippen molar-refractivity contribution >= 4 is 53.3 Å². The first-order valence-electron chi connectivity index (χ1n) is 18.8. The summed E-state index contributed by atoms with van der Waals surface area (Å²) in [7, 11) is 0. The summed E-state index contributed by atoms with van der Waals surface area (Å²) in [6.07, 6.45) is 0. The second-order valence-electron chi connectivity index (χ2n) is 14.0. The summed E-state index contributed by atoms with van der Waals surface area (Å²) in [5.74, 6) is 1.92. The molecule has 262 valence electrons. The Hall–Kier alpha value is -7.21. The van der Waals surface area contributed by atoms with Gasteiger partial charge >= 0.3 is 0 Å². The third-order valence-corrected chi connectivity index (χ3v) is 11.8. The van der Waals surface area contributed by atoms with E-state index in [9.17, 15) is 0 Å². The predicted molar refractivity (Wildman–Crippen MR) is 234 cm³/mol. The number of aromatic nitrogens is 4. The Labute approximate surface area is 327 Å². The highest BCUT2D eigenvalue weighted by Crippen LogP contribution is 2.46. The SMILES string of the molecule is c1ccc(-c2cc(-c3ccccc3)c3sc4cccc(-c5nc(-c6ccccc6)nc(-c6ccc7c8ccccc8n(-c8ccccc8)c7c6)n5)c4c3c2)cc1. The molecule has 0 aliphatic heterocycles. The summed E-state index contributed by atoms with van der Waals surface area (Å²) in [5, 5.41) is 4.74. The molecule has 0 aliphatic carbocycles. The number of fused-ring (bicyclic) bond motifs is 6. The second-order valence-corrected chi connectivity index (χ2v) is 15.1. The third kappa shape index (κ3) is 5.40. The van der Waals surface area contributed by atoms with Crippen LogP contribution in [-0.2, 0) is 0 Å². The van der Waals surface area contributed by atoms with E-state index in [1.165, 1.54) is 47.8 Å². The molecule has 0 spiro atoms. The van der Waals surface area contributed by atoms with E-state index in [4.69, 9.17) is 15.0 Å². The monoisotopic (exact) mass is 732 g/mol. The molecular weight excluding hydrogens is 701 g/mol. The Morgan fingerprint density at radius 1 is 0.357 bits per heavy atom. The van der Waals surface area contributed by atoms with Crippen molar-refractivity contribution in [1.82, 2.24) is 19.5 Å². The van der Waals surface area contributed by atoms with Gasteiger partial charge in [-0.2, -0.15) is 0 Å². The zero-order valence-electron chi connectivity index (χ0n) is 30.2. The summed E-state index contributed by atoms with van der Waals surface area (Å²) in [6.45, 7) is 0. The van der Waals surface area contributed by atoms with Crippen molar-refractivity contribution in [2.75, 3.05) is 0 Å². The van der Waals surface area contributed by atoms with Gasteiger partial charge in [-0.1, -0.05) is 152 Å². The molecule has 0 atom stereocenters. The van der Waals surface area contributed by atoms with Crippen LogP contribution in [0.15, 0.2) is 194 Å². The Kier molecular flexibility index (Phi) is 7.64. The lowest BCUT2D eigenvalue weighted by Gasteiger charge is -2.12. The van der Waals surface area contributed by atoms with Gasteiger partial charge in [0.2, 0.25) is 0 Å². The number of hydrogen-bond donors (Lipinski definition) is 0. The lowest BCUT2D eigenvalue weighted by Crippen LogP contribution is -2.00. The minimum absolute atomic E-state index is 0.632. The maximum absolute atomic E-state index is 5.33. The first-order valence-corrected chi connectivity index (χ1v) is 19.6. The van der Waals surface area contributed by atoms with Gasteiger partial charge in [-0.3, -0.25) is 0 Å². The standard InChI is InChI=1S/C51H32N4S/c1-5-16-33(17-6-1)37-30-42(34-18-7-2-8-19-34)48-43(31-37)47-41(25-15-27-46(47)56-48)51-53-49(35-20-9-3-10-21-35)52-50(54-51)36-28-29-40-39-24-13-14-26-44(39)55(45(40)32-36)38-22-11-4-12-23-38/h1-32H. The van der Waals surface area contributed by atoms with Crippen LogP contribution >= 0.6 is 11.3 Å². The maximum Gasteiger partial charge on any atom is 0.164 e. The molecule has 11 rings (SSSR count). The van der Waals surface area contributed by atoms with E-state index < -0.39 is 0 Å². The highest BCUT2D eigenvalue weighted by Gasteiger charge is 2.21. The Bertz CT molecular complexity index is 3230. The first-order chi connectivity index (χ1) is 27.8. The fourth-order valence-corrected chi connectivity index (χ4v) is 9.30. The molecule has 0 saturated heterocycles. The number of thiophene rings is 1. The Balaban J connectivity index is 1.17. The van der Waals surface area contributed by atoms with E-state index in [1.54, 1.807) is 0 Å². The largest absolute Gasteiger partial charge is 0.309 e. The van der Waals surface area contributed by atoms with Crippen molar-refractivity contribution in [3.8, 4) is 62.1 Å². The van der Waals surface area contributed by atoms with Crippen molar-refractivity contribution in [3.63, 3.8) is 0 Å². The van der Waals surface area contributed by atoms with E-state index >= 15 is 0 Å². The number of hydrogen-bond acceptors (Lipinski definition) is 4. The third-order valence-electron chi connectivity index (χ3n) is 10.6. The topological polar surface area (TPSA) is 43.6 Å². The van der Waals surface area contributed by atoms with Crippen molar-refractivity contribution < 1.29 is 0 Å². The fraction of sp³-hybridized carbons (Fsp3) is 0. The molecule has 56 heavy (non-hydrogen) atoms. The number of nitrogens with zero attached hydrogens (tertiary/aromatic N) is 4. The van der Waals surface area contributed by atoms with Crippen molar-refractivity contribution in [3.05, 3.63) is 194 Å². The summed E-state index contributed by atoms with van der Waals surface area (Å²) < 4.78 is 4.77. The van der Waals surface area contributed by atoms with Gasteiger partial charge in [0.25, 0.3) is 0 Å². The number of rotatable bonds is 6. The molecule has 0 unspecified atom stereocenters. The molecule has 0 amide bonds. The molecular formula is C51H32N4S. The quantitative estimate of drug-likeness (QED) is 0.171. The van der Waals surface area contributed by atoms with E-state index in [2.05, 4.69) is 180 Å². The van der Waals surface area contributed by atoms with Gasteiger partial charge < -0.3 is 4.57 Å². The van der Waals surface area contributed by atoms with E-state index in [0.717, 1.165) is 38.8 Å². The van der Waals surface area contributed by atoms with Crippen LogP contribution in [0.2, 0.25) is 0 Å². The van der Waals surface area contributed by atoms with Gasteiger partial charge in [0, 0.05) is 58.9 Å². The van der Waals surface area contributed by atoms with Crippen LogP contribution in [0, 0.1) is 0 Å². The molecule has 4 nitrogen and oxygen atoms in total. The van der Waals surface area contributed by atoms with Crippen LogP contribution in [-0.4, -0.2) is 19.5 Å². The predicted octanol–water partition coefficient (Wildman–Crippen LogP) is 13.7. The van der Waals surface area contributed by atoms with Gasteiger partial charge in [-0.15, -0.1) is 11.3 Å². The van der Waals surface area contributed by atoms with Crippen molar-refractivity contribution in [2.24, 2.45) is 0 Å². The van der Waals surface area contributed by atoms with Crippen LogP contribution < -0.4 is 0 Å². The molecule has 0 bridgehead atoms. The molecule has 3 heterocycles. The van der Waals surface area contributed by atoms with Crippen molar-refractivity contribution in [2.45, 2.75) is 0 Å². The zero-order valence-corrected chi connectivity index (χ0v) is 31.0. The summed E-state index contributed by atoms with van der Waals surface area (Å²) in [6, 6.07) is 68.5. The number of para-hydroxylation sites is 2. The van der Waals surface area contributed by atoms with E-state index in [0.29, 0.717) is 17.5 Å². The highest BCUT2D eigenvalue weighted by molar-refractivity contribution is 7.26. The smallest absolute Gasteiger partial charge is 0.164 e. The number of benzene rings is 8. The second kappa shape index (κ2) is 13.3. The summed E-state index contributed by atoms with van der Waals surface area (Å²) in [5.41, 5.74) is 11.0. The lowest BCUT2D eigenvalue weighted by molar-refractivity contribution is 1.08. The fourth-order valence-electron chi connectivity index (χ4n) is 8.05. The molecule has 0 radical (unpaired) electrons. The summed E-state index contributed by atoms with van der Waals surface area (Å²) in [4.78, 5) is 15.7. The van der Waals surface area contributed by atoms with Gasteiger partial charge in [0.05, 0.1) is 11.0 Å². The Morgan fingerprint density at radius 2 is 0.964 bits per heavy atom. The van der Waals surface area contributed by atoms with Gasteiger partial charge in [-0.25, -0.2) is 15.0 Å². The average molecular weight is 733 g/mol. The normalized spacial score (nSPS) is 11.6.